The summed E-state index contributed by atoms with van der Waals surface area (Å²) in [5, 5.41) is 2.46. The van der Waals surface area contributed by atoms with Crippen molar-refractivity contribution in [1.82, 2.24) is 15.0 Å². The summed E-state index contributed by atoms with van der Waals surface area (Å²) >= 11 is 0. The average Bonchev–Trinajstić information content (AvgIpc) is 3.15. The average molecular weight is 588 g/mol. The third-order valence-electron chi connectivity index (χ3n) is 8.39. The SMILES string of the molecule is c1ccc(-c2ccc(-c3cc(-c4cccc(-c5ccc6ccccc6c5)c4)nc(-c4ccc(-c5cccnc5)cc4)n3)cc2)cc1. The van der Waals surface area contributed by atoms with Gasteiger partial charge in [0.05, 0.1) is 11.4 Å². The molecule has 0 bridgehead atoms. The molecule has 216 valence electrons. The van der Waals surface area contributed by atoms with Gasteiger partial charge in [-0.25, -0.2) is 9.97 Å². The van der Waals surface area contributed by atoms with Gasteiger partial charge in [0.1, 0.15) is 0 Å². The van der Waals surface area contributed by atoms with Gasteiger partial charge >= 0.3 is 0 Å². The normalized spacial score (nSPS) is 11.0. The molecule has 0 atom stereocenters. The number of hydrogen-bond acceptors (Lipinski definition) is 3. The lowest BCUT2D eigenvalue weighted by Crippen LogP contribution is -1.96. The van der Waals surface area contributed by atoms with Crippen LogP contribution in [0.3, 0.4) is 0 Å². The van der Waals surface area contributed by atoms with Gasteiger partial charge in [-0.2, -0.15) is 0 Å². The molecule has 8 aromatic rings. The predicted octanol–water partition coefficient (Wildman–Crippen LogP) is 11.0. The van der Waals surface area contributed by atoms with E-state index in [2.05, 4.69) is 157 Å². The maximum absolute atomic E-state index is 5.13. The van der Waals surface area contributed by atoms with Crippen LogP contribution in [0.5, 0.6) is 0 Å². The maximum Gasteiger partial charge on any atom is 0.160 e. The van der Waals surface area contributed by atoms with E-state index in [-0.39, 0.29) is 0 Å². The smallest absolute Gasteiger partial charge is 0.160 e. The van der Waals surface area contributed by atoms with Crippen molar-refractivity contribution < 1.29 is 0 Å². The number of nitrogens with zero attached hydrogens (tertiary/aromatic N) is 3. The van der Waals surface area contributed by atoms with Crippen molar-refractivity contribution >= 4 is 10.8 Å². The second-order valence-corrected chi connectivity index (χ2v) is 11.4. The summed E-state index contributed by atoms with van der Waals surface area (Å²) in [7, 11) is 0. The summed E-state index contributed by atoms with van der Waals surface area (Å²) in [6.07, 6.45) is 3.67. The van der Waals surface area contributed by atoms with E-state index in [4.69, 9.17) is 9.97 Å². The van der Waals surface area contributed by atoms with Crippen LogP contribution in [0.15, 0.2) is 176 Å². The van der Waals surface area contributed by atoms with Crippen molar-refractivity contribution in [3.63, 3.8) is 0 Å². The summed E-state index contributed by atoms with van der Waals surface area (Å²) in [6.45, 7) is 0. The lowest BCUT2D eigenvalue weighted by atomic mass is 9.98. The highest BCUT2D eigenvalue weighted by atomic mass is 14.9. The molecule has 0 unspecified atom stereocenters. The third kappa shape index (κ3) is 5.58. The zero-order valence-corrected chi connectivity index (χ0v) is 25.1. The molecule has 0 spiro atoms. The van der Waals surface area contributed by atoms with Crippen LogP contribution < -0.4 is 0 Å². The summed E-state index contributed by atoms with van der Waals surface area (Å²) in [5.41, 5.74) is 11.7. The lowest BCUT2D eigenvalue weighted by Gasteiger charge is -2.12. The Morgan fingerprint density at radius 1 is 0.304 bits per heavy atom. The van der Waals surface area contributed by atoms with Crippen molar-refractivity contribution in [3.05, 3.63) is 176 Å². The minimum absolute atomic E-state index is 0.688. The Morgan fingerprint density at radius 3 is 1.61 bits per heavy atom. The second-order valence-electron chi connectivity index (χ2n) is 11.4. The number of fused-ring (bicyclic) bond motifs is 1. The third-order valence-corrected chi connectivity index (χ3v) is 8.39. The molecule has 0 amide bonds. The van der Waals surface area contributed by atoms with E-state index in [9.17, 15) is 0 Å². The van der Waals surface area contributed by atoms with E-state index >= 15 is 0 Å². The van der Waals surface area contributed by atoms with Crippen LogP contribution in [0.25, 0.3) is 78.1 Å². The molecule has 3 nitrogen and oxygen atoms in total. The maximum atomic E-state index is 5.13. The molecule has 0 radical (unpaired) electrons. The van der Waals surface area contributed by atoms with Gasteiger partial charge in [-0.1, -0.05) is 140 Å². The van der Waals surface area contributed by atoms with Crippen LogP contribution in [-0.4, -0.2) is 15.0 Å². The molecule has 0 N–H and O–H groups in total. The number of aromatic nitrogens is 3. The molecule has 0 fully saturated rings. The van der Waals surface area contributed by atoms with Crippen LogP contribution in [0, 0.1) is 0 Å². The number of benzene rings is 6. The van der Waals surface area contributed by atoms with Gasteiger partial charge < -0.3 is 0 Å². The number of rotatable bonds is 6. The Morgan fingerprint density at radius 2 is 0.848 bits per heavy atom. The quantitative estimate of drug-likeness (QED) is 0.194. The van der Waals surface area contributed by atoms with E-state index in [1.165, 1.54) is 27.5 Å². The topological polar surface area (TPSA) is 38.7 Å². The minimum atomic E-state index is 0.688. The van der Waals surface area contributed by atoms with E-state index in [0.717, 1.165) is 44.8 Å². The molecular weight excluding hydrogens is 558 g/mol. The molecule has 2 aromatic heterocycles. The van der Waals surface area contributed by atoms with Crippen LogP contribution in [-0.2, 0) is 0 Å². The van der Waals surface area contributed by atoms with Crippen molar-refractivity contribution in [2.45, 2.75) is 0 Å². The van der Waals surface area contributed by atoms with Gasteiger partial charge in [0, 0.05) is 29.1 Å². The standard InChI is InChI=1S/C43H29N3/c1-2-8-30(9-3-1)32-15-20-34(21-16-32)41-28-42(46-43(45-41)35-22-17-33(18-23-35)40-14-7-25-44-29-40)39-13-6-12-37(27-39)38-24-19-31-10-4-5-11-36(31)26-38/h1-29H. The molecule has 2 heterocycles. The van der Waals surface area contributed by atoms with Crippen LogP contribution in [0.2, 0.25) is 0 Å². The van der Waals surface area contributed by atoms with Crippen molar-refractivity contribution in [3.8, 4) is 67.3 Å². The fraction of sp³-hybridized carbons (Fsp3) is 0. The largest absolute Gasteiger partial charge is 0.264 e. The van der Waals surface area contributed by atoms with Gasteiger partial charge in [-0.05, 0) is 68.4 Å². The molecule has 0 aliphatic rings. The van der Waals surface area contributed by atoms with Crippen LogP contribution >= 0.6 is 0 Å². The molecule has 3 heteroatoms. The molecule has 0 aliphatic heterocycles. The zero-order chi connectivity index (χ0) is 30.7. The fourth-order valence-electron chi connectivity index (χ4n) is 5.91. The van der Waals surface area contributed by atoms with Gasteiger partial charge in [-0.3, -0.25) is 4.98 Å². The summed E-state index contributed by atoms with van der Waals surface area (Å²) in [4.78, 5) is 14.5. The lowest BCUT2D eigenvalue weighted by molar-refractivity contribution is 1.18. The molecule has 46 heavy (non-hydrogen) atoms. The van der Waals surface area contributed by atoms with Crippen LogP contribution in [0.1, 0.15) is 0 Å². The molecule has 0 saturated carbocycles. The molecule has 0 saturated heterocycles. The van der Waals surface area contributed by atoms with E-state index in [0.29, 0.717) is 5.82 Å². The van der Waals surface area contributed by atoms with Crippen molar-refractivity contribution in [2.24, 2.45) is 0 Å². The second kappa shape index (κ2) is 12.1. The summed E-state index contributed by atoms with van der Waals surface area (Å²) in [6, 6.07) is 57.3. The molecule has 8 rings (SSSR count). The summed E-state index contributed by atoms with van der Waals surface area (Å²) in [5.74, 6) is 0.688. The Bertz CT molecular complexity index is 2170. The number of pyridine rings is 1. The van der Waals surface area contributed by atoms with Gasteiger partial charge in [0.25, 0.3) is 0 Å². The monoisotopic (exact) mass is 587 g/mol. The van der Waals surface area contributed by atoms with Crippen molar-refractivity contribution in [1.29, 1.82) is 0 Å². The minimum Gasteiger partial charge on any atom is -0.264 e. The first kappa shape index (κ1) is 27.4. The molecular formula is C43H29N3. The Kier molecular flexibility index (Phi) is 7.18. The van der Waals surface area contributed by atoms with Crippen molar-refractivity contribution in [2.75, 3.05) is 0 Å². The first-order chi connectivity index (χ1) is 22.8. The van der Waals surface area contributed by atoms with E-state index < -0.39 is 0 Å². The Balaban J connectivity index is 1.22. The van der Waals surface area contributed by atoms with Gasteiger partial charge in [0.15, 0.2) is 5.82 Å². The summed E-state index contributed by atoms with van der Waals surface area (Å²) < 4.78 is 0. The highest BCUT2D eigenvalue weighted by molar-refractivity contribution is 5.88. The van der Waals surface area contributed by atoms with Gasteiger partial charge in [-0.15, -0.1) is 0 Å². The van der Waals surface area contributed by atoms with Crippen LogP contribution in [0.4, 0.5) is 0 Å². The Hall–Kier alpha value is -6.19. The first-order valence-corrected chi connectivity index (χ1v) is 15.4. The van der Waals surface area contributed by atoms with Gasteiger partial charge in [0.2, 0.25) is 0 Å². The molecule has 0 aliphatic carbocycles. The highest BCUT2D eigenvalue weighted by Gasteiger charge is 2.13. The predicted molar refractivity (Wildman–Crippen MR) is 190 cm³/mol. The van der Waals surface area contributed by atoms with E-state index in [1.807, 2.05) is 18.3 Å². The first-order valence-electron chi connectivity index (χ1n) is 15.4. The number of hydrogen-bond donors (Lipinski definition) is 0. The molecule has 6 aromatic carbocycles. The Labute approximate surface area is 268 Å². The van der Waals surface area contributed by atoms with E-state index in [1.54, 1.807) is 6.20 Å². The highest BCUT2D eigenvalue weighted by Crippen LogP contribution is 2.33. The fourth-order valence-corrected chi connectivity index (χ4v) is 5.91. The zero-order valence-electron chi connectivity index (χ0n) is 25.1.